The lowest BCUT2D eigenvalue weighted by atomic mass is 9.79. The summed E-state index contributed by atoms with van der Waals surface area (Å²) in [6.45, 7) is 0.207. The van der Waals surface area contributed by atoms with E-state index in [2.05, 4.69) is 10.5 Å². The SMILES string of the molecule is O=C(Cc1noc2ccccc12)NC[C@@]1(O)CCCc2ccccc21. The van der Waals surface area contributed by atoms with Crippen LogP contribution in [0.5, 0.6) is 0 Å². The Morgan fingerprint density at radius 2 is 2.00 bits per heavy atom. The van der Waals surface area contributed by atoms with Crippen molar-refractivity contribution in [2.45, 2.75) is 31.3 Å². The summed E-state index contributed by atoms with van der Waals surface area (Å²) < 4.78 is 5.23. The van der Waals surface area contributed by atoms with E-state index >= 15 is 0 Å². The van der Waals surface area contributed by atoms with Gasteiger partial charge in [0.1, 0.15) is 11.3 Å². The Balaban J connectivity index is 1.46. The van der Waals surface area contributed by atoms with Crippen molar-refractivity contribution in [1.29, 1.82) is 0 Å². The highest BCUT2D eigenvalue weighted by Gasteiger charge is 2.34. The van der Waals surface area contributed by atoms with Gasteiger partial charge in [-0.3, -0.25) is 4.79 Å². The van der Waals surface area contributed by atoms with E-state index in [9.17, 15) is 9.90 Å². The molecule has 3 aromatic rings. The van der Waals surface area contributed by atoms with Crippen LogP contribution in [-0.2, 0) is 23.2 Å². The molecule has 25 heavy (non-hydrogen) atoms. The van der Waals surface area contributed by atoms with Crippen molar-refractivity contribution >= 4 is 16.9 Å². The van der Waals surface area contributed by atoms with Crippen LogP contribution in [0, 0.1) is 0 Å². The van der Waals surface area contributed by atoms with Gasteiger partial charge in [-0.15, -0.1) is 0 Å². The fourth-order valence-electron chi connectivity index (χ4n) is 3.61. The Hall–Kier alpha value is -2.66. The fraction of sp³-hybridized carbons (Fsp3) is 0.300. The van der Waals surface area contributed by atoms with Crippen LogP contribution in [0.25, 0.3) is 11.0 Å². The molecule has 0 fully saturated rings. The van der Waals surface area contributed by atoms with Gasteiger partial charge in [-0.25, -0.2) is 0 Å². The molecule has 1 aliphatic carbocycles. The molecule has 0 radical (unpaired) electrons. The quantitative estimate of drug-likeness (QED) is 0.768. The molecule has 4 rings (SSSR count). The molecule has 1 atom stereocenters. The van der Waals surface area contributed by atoms with Gasteiger partial charge in [-0.2, -0.15) is 0 Å². The number of aryl methyl sites for hydroxylation is 1. The summed E-state index contributed by atoms with van der Waals surface area (Å²) in [7, 11) is 0. The largest absolute Gasteiger partial charge is 0.383 e. The van der Waals surface area contributed by atoms with Gasteiger partial charge < -0.3 is 14.9 Å². The first-order valence-corrected chi connectivity index (χ1v) is 8.56. The zero-order chi connectivity index (χ0) is 17.3. The summed E-state index contributed by atoms with van der Waals surface area (Å²) in [4.78, 5) is 12.3. The topological polar surface area (TPSA) is 75.4 Å². The molecule has 5 heteroatoms. The Labute approximate surface area is 145 Å². The molecule has 0 spiro atoms. The van der Waals surface area contributed by atoms with E-state index in [1.807, 2.05) is 48.5 Å². The number of aliphatic hydroxyl groups is 1. The van der Waals surface area contributed by atoms with Crippen molar-refractivity contribution in [1.82, 2.24) is 10.5 Å². The number of rotatable bonds is 4. The monoisotopic (exact) mass is 336 g/mol. The number of nitrogens with zero attached hydrogens (tertiary/aromatic N) is 1. The summed E-state index contributed by atoms with van der Waals surface area (Å²) in [5.41, 5.74) is 2.37. The van der Waals surface area contributed by atoms with Crippen molar-refractivity contribution in [3.05, 3.63) is 65.4 Å². The Bertz CT molecular complexity index is 918. The number of nitrogens with one attached hydrogen (secondary N) is 1. The maximum atomic E-state index is 12.3. The number of hydrogen-bond acceptors (Lipinski definition) is 4. The average Bonchev–Trinajstić information content (AvgIpc) is 3.04. The van der Waals surface area contributed by atoms with Gasteiger partial charge in [0.25, 0.3) is 0 Å². The molecular weight excluding hydrogens is 316 g/mol. The molecule has 1 amide bonds. The van der Waals surface area contributed by atoms with Crippen LogP contribution < -0.4 is 5.32 Å². The number of carbonyl (C=O) groups excluding carboxylic acids is 1. The van der Waals surface area contributed by atoms with Crippen molar-refractivity contribution < 1.29 is 14.4 Å². The predicted octanol–water partition coefficient (Wildman–Crippen LogP) is 2.71. The summed E-state index contributed by atoms with van der Waals surface area (Å²) in [5, 5.41) is 18.7. The van der Waals surface area contributed by atoms with E-state index in [0.29, 0.717) is 17.7 Å². The number of aromatic nitrogens is 1. The molecular formula is C20H20N2O3. The highest BCUT2D eigenvalue weighted by atomic mass is 16.5. The van der Waals surface area contributed by atoms with E-state index in [4.69, 9.17) is 4.52 Å². The van der Waals surface area contributed by atoms with E-state index in [-0.39, 0.29) is 18.9 Å². The second-order valence-electron chi connectivity index (χ2n) is 6.62. The molecule has 2 N–H and O–H groups in total. The molecule has 1 aliphatic rings. The number of para-hydroxylation sites is 1. The fourth-order valence-corrected chi connectivity index (χ4v) is 3.61. The minimum atomic E-state index is -1.00. The molecule has 0 bridgehead atoms. The Morgan fingerprint density at radius 1 is 1.20 bits per heavy atom. The van der Waals surface area contributed by atoms with Crippen LogP contribution in [0.15, 0.2) is 53.1 Å². The van der Waals surface area contributed by atoms with Crippen LogP contribution in [0.2, 0.25) is 0 Å². The molecule has 0 saturated heterocycles. The highest BCUT2D eigenvalue weighted by Crippen LogP contribution is 2.34. The first-order chi connectivity index (χ1) is 12.2. The number of benzene rings is 2. The third kappa shape index (κ3) is 3.03. The maximum absolute atomic E-state index is 12.3. The first-order valence-electron chi connectivity index (χ1n) is 8.56. The van der Waals surface area contributed by atoms with Gasteiger partial charge in [-0.1, -0.05) is 41.6 Å². The van der Waals surface area contributed by atoms with E-state index < -0.39 is 5.60 Å². The lowest BCUT2D eigenvalue weighted by molar-refractivity contribution is -0.122. The van der Waals surface area contributed by atoms with E-state index in [0.717, 1.165) is 29.4 Å². The minimum absolute atomic E-state index is 0.134. The van der Waals surface area contributed by atoms with Crippen molar-refractivity contribution in [3.63, 3.8) is 0 Å². The maximum Gasteiger partial charge on any atom is 0.226 e. The van der Waals surface area contributed by atoms with Crippen LogP contribution in [-0.4, -0.2) is 22.7 Å². The molecule has 0 aliphatic heterocycles. The second-order valence-corrected chi connectivity index (χ2v) is 6.62. The first kappa shape index (κ1) is 15.8. The van der Waals surface area contributed by atoms with Gasteiger partial charge >= 0.3 is 0 Å². The van der Waals surface area contributed by atoms with Crippen molar-refractivity contribution in [2.24, 2.45) is 0 Å². The number of fused-ring (bicyclic) bond motifs is 2. The number of amides is 1. The third-order valence-corrected chi connectivity index (χ3v) is 4.91. The Morgan fingerprint density at radius 3 is 2.92 bits per heavy atom. The molecule has 5 nitrogen and oxygen atoms in total. The molecule has 0 unspecified atom stereocenters. The molecule has 2 aromatic carbocycles. The third-order valence-electron chi connectivity index (χ3n) is 4.91. The Kier molecular flexibility index (Phi) is 4.01. The van der Waals surface area contributed by atoms with Gasteiger partial charge in [0.05, 0.1) is 13.0 Å². The number of hydrogen-bond donors (Lipinski definition) is 2. The standard InChI is InChI=1S/C20H20N2O3/c23-19(12-17-15-8-2-4-10-18(15)25-22-17)21-13-20(24)11-5-7-14-6-1-3-9-16(14)20/h1-4,6,8-10,24H,5,7,11-13H2,(H,21,23)/t20-/m0/s1. The van der Waals surface area contributed by atoms with Crippen LogP contribution >= 0.6 is 0 Å². The second kappa shape index (κ2) is 6.33. The minimum Gasteiger partial charge on any atom is -0.383 e. The smallest absolute Gasteiger partial charge is 0.226 e. The van der Waals surface area contributed by atoms with Gasteiger partial charge in [0.15, 0.2) is 5.58 Å². The van der Waals surface area contributed by atoms with Crippen molar-refractivity contribution in [3.8, 4) is 0 Å². The summed E-state index contributed by atoms with van der Waals surface area (Å²) >= 11 is 0. The molecule has 0 saturated carbocycles. The zero-order valence-electron chi connectivity index (χ0n) is 13.9. The van der Waals surface area contributed by atoms with E-state index in [1.165, 1.54) is 0 Å². The van der Waals surface area contributed by atoms with Crippen molar-refractivity contribution in [2.75, 3.05) is 6.54 Å². The van der Waals surface area contributed by atoms with Crippen LogP contribution in [0.1, 0.15) is 29.7 Å². The molecule has 128 valence electrons. The highest BCUT2D eigenvalue weighted by molar-refractivity contribution is 5.86. The van der Waals surface area contributed by atoms with Gasteiger partial charge in [-0.05, 0) is 42.5 Å². The molecule has 1 heterocycles. The lowest BCUT2D eigenvalue weighted by Gasteiger charge is -2.34. The summed E-state index contributed by atoms with van der Waals surface area (Å²) in [6.07, 6.45) is 2.67. The van der Waals surface area contributed by atoms with Crippen LogP contribution in [0.4, 0.5) is 0 Å². The number of carbonyl (C=O) groups is 1. The summed E-state index contributed by atoms with van der Waals surface area (Å²) in [5.74, 6) is -0.171. The van der Waals surface area contributed by atoms with E-state index in [1.54, 1.807) is 0 Å². The average molecular weight is 336 g/mol. The van der Waals surface area contributed by atoms with Gasteiger partial charge in [0, 0.05) is 5.39 Å². The molecule has 1 aromatic heterocycles. The van der Waals surface area contributed by atoms with Crippen LogP contribution in [0.3, 0.4) is 0 Å². The predicted molar refractivity (Wildman–Crippen MR) is 94.0 cm³/mol. The lowest BCUT2D eigenvalue weighted by Crippen LogP contribution is -2.43. The van der Waals surface area contributed by atoms with Gasteiger partial charge in [0.2, 0.25) is 5.91 Å². The summed E-state index contributed by atoms with van der Waals surface area (Å²) in [6, 6.07) is 15.4. The zero-order valence-corrected chi connectivity index (χ0v) is 13.9. The normalized spacial score (nSPS) is 19.6.